The number of carbonyl (C=O) groups excluding carboxylic acids is 3. The monoisotopic (exact) mass is 385 g/mol. The molecule has 0 aliphatic carbocycles. The Balaban J connectivity index is 1.73. The van der Waals surface area contributed by atoms with Gasteiger partial charge in [-0.05, 0) is 49.2 Å². The lowest BCUT2D eigenvalue weighted by molar-refractivity contribution is -0.149. The zero-order valence-corrected chi connectivity index (χ0v) is 15.9. The van der Waals surface area contributed by atoms with Crippen LogP contribution in [0, 0.1) is 6.92 Å². The molecule has 0 aromatic heterocycles. The van der Waals surface area contributed by atoms with E-state index in [2.05, 4.69) is 5.32 Å². The summed E-state index contributed by atoms with van der Waals surface area (Å²) in [7, 11) is 0. The van der Waals surface area contributed by atoms with E-state index in [9.17, 15) is 14.4 Å². The quantitative estimate of drug-likeness (QED) is 0.667. The minimum atomic E-state index is -0.646. The van der Waals surface area contributed by atoms with Crippen molar-refractivity contribution in [1.29, 1.82) is 0 Å². The third kappa shape index (κ3) is 6.75. The molecule has 0 unspecified atom stereocenters. The number of carbonyl (C=O) groups is 3. The molecule has 2 aromatic rings. The Labute approximate surface area is 163 Å². The van der Waals surface area contributed by atoms with Crippen molar-refractivity contribution >= 4 is 23.5 Å². The van der Waals surface area contributed by atoms with Gasteiger partial charge in [-0.2, -0.15) is 0 Å². The first kappa shape index (κ1) is 21.0. The van der Waals surface area contributed by atoms with E-state index in [1.54, 1.807) is 36.4 Å². The first-order valence-corrected chi connectivity index (χ1v) is 8.90. The van der Waals surface area contributed by atoms with Crippen LogP contribution in [0.4, 0.5) is 5.69 Å². The highest BCUT2D eigenvalue weighted by atomic mass is 16.6. The average molecular weight is 385 g/mol. The first-order valence-electron chi connectivity index (χ1n) is 8.90. The molecule has 1 amide bonds. The van der Waals surface area contributed by atoms with Crippen LogP contribution in [0.1, 0.15) is 29.3 Å². The minimum Gasteiger partial charge on any atom is -0.482 e. The van der Waals surface area contributed by atoms with E-state index in [1.165, 1.54) is 0 Å². The Kier molecular flexibility index (Phi) is 8.02. The van der Waals surface area contributed by atoms with Crippen molar-refractivity contribution in [1.82, 2.24) is 0 Å². The molecule has 0 aliphatic heterocycles. The number of ether oxygens (including phenoxy) is 3. The number of aryl methyl sites for hydroxylation is 1. The van der Waals surface area contributed by atoms with Gasteiger partial charge in [0.2, 0.25) is 0 Å². The van der Waals surface area contributed by atoms with Gasteiger partial charge in [0, 0.05) is 5.69 Å². The van der Waals surface area contributed by atoms with Crippen LogP contribution in [-0.4, -0.2) is 37.7 Å². The summed E-state index contributed by atoms with van der Waals surface area (Å²) < 4.78 is 15.3. The number of anilines is 1. The van der Waals surface area contributed by atoms with Crippen molar-refractivity contribution in [3.8, 4) is 5.75 Å². The number of nitrogens with one attached hydrogen (secondary N) is 1. The van der Waals surface area contributed by atoms with Gasteiger partial charge in [-0.1, -0.05) is 25.1 Å². The average Bonchev–Trinajstić information content (AvgIpc) is 2.70. The van der Waals surface area contributed by atoms with Crippen LogP contribution in [0.3, 0.4) is 0 Å². The van der Waals surface area contributed by atoms with Crippen LogP contribution in [0.15, 0.2) is 48.5 Å². The maximum Gasteiger partial charge on any atom is 0.344 e. The fraction of sp³-hybridized carbons (Fsp3) is 0.286. The van der Waals surface area contributed by atoms with E-state index >= 15 is 0 Å². The molecule has 7 nitrogen and oxygen atoms in total. The van der Waals surface area contributed by atoms with Gasteiger partial charge in [-0.25, -0.2) is 9.59 Å². The van der Waals surface area contributed by atoms with Gasteiger partial charge in [-0.15, -0.1) is 0 Å². The molecular weight excluding hydrogens is 362 g/mol. The Bertz CT molecular complexity index is 816. The van der Waals surface area contributed by atoms with E-state index in [4.69, 9.17) is 14.2 Å². The van der Waals surface area contributed by atoms with Crippen LogP contribution >= 0.6 is 0 Å². The Morgan fingerprint density at radius 1 is 0.929 bits per heavy atom. The van der Waals surface area contributed by atoms with Crippen molar-refractivity contribution in [2.75, 3.05) is 25.1 Å². The second kappa shape index (κ2) is 10.7. The maximum absolute atomic E-state index is 11.9. The molecule has 0 heterocycles. The highest BCUT2D eigenvalue weighted by molar-refractivity contribution is 5.94. The summed E-state index contributed by atoms with van der Waals surface area (Å²) >= 11 is 0. The molecule has 0 aliphatic rings. The summed E-state index contributed by atoms with van der Waals surface area (Å²) in [6.07, 6.45) is 0.745. The highest BCUT2D eigenvalue weighted by Gasteiger charge is 2.11. The summed E-state index contributed by atoms with van der Waals surface area (Å²) in [5, 5.41) is 2.58. The normalized spacial score (nSPS) is 10.1. The number of benzene rings is 2. The smallest absolute Gasteiger partial charge is 0.344 e. The zero-order valence-electron chi connectivity index (χ0n) is 15.9. The van der Waals surface area contributed by atoms with E-state index in [1.807, 2.05) is 26.0 Å². The van der Waals surface area contributed by atoms with Gasteiger partial charge in [0.1, 0.15) is 5.75 Å². The minimum absolute atomic E-state index is 0.285. The summed E-state index contributed by atoms with van der Waals surface area (Å²) in [6, 6.07) is 13.5. The topological polar surface area (TPSA) is 90.9 Å². The molecule has 0 radical (unpaired) electrons. The Morgan fingerprint density at radius 2 is 1.64 bits per heavy atom. The van der Waals surface area contributed by atoms with E-state index in [-0.39, 0.29) is 6.61 Å². The summed E-state index contributed by atoms with van der Waals surface area (Å²) in [6.45, 7) is 3.41. The molecule has 148 valence electrons. The summed E-state index contributed by atoms with van der Waals surface area (Å²) in [5.41, 5.74) is 1.77. The SMILES string of the molecule is CCCOC(=O)c1ccc(NC(=O)COC(=O)COc2ccccc2C)cc1. The molecule has 0 saturated heterocycles. The third-order valence-electron chi connectivity index (χ3n) is 3.65. The predicted molar refractivity (Wildman–Crippen MR) is 103 cm³/mol. The standard InChI is InChI=1S/C21H23NO6/c1-3-12-26-21(25)16-8-10-17(11-9-16)22-19(23)13-28-20(24)14-27-18-7-5-4-6-15(18)2/h4-11H,3,12-14H2,1-2H3,(H,22,23). The molecule has 0 saturated carbocycles. The van der Waals surface area contributed by atoms with Crippen LogP contribution in [0.25, 0.3) is 0 Å². The lowest BCUT2D eigenvalue weighted by atomic mass is 10.2. The number of para-hydroxylation sites is 1. The van der Waals surface area contributed by atoms with E-state index in [0.717, 1.165) is 12.0 Å². The Hall–Kier alpha value is -3.35. The molecule has 0 bridgehead atoms. The van der Waals surface area contributed by atoms with Crippen molar-refractivity contribution in [2.45, 2.75) is 20.3 Å². The fourth-order valence-corrected chi connectivity index (χ4v) is 2.21. The third-order valence-corrected chi connectivity index (χ3v) is 3.65. The lowest BCUT2D eigenvalue weighted by Crippen LogP contribution is -2.23. The molecule has 0 atom stereocenters. The van der Waals surface area contributed by atoms with Gasteiger partial charge in [-0.3, -0.25) is 4.79 Å². The largest absolute Gasteiger partial charge is 0.482 e. The second-order valence-electron chi connectivity index (χ2n) is 5.98. The van der Waals surface area contributed by atoms with Crippen LogP contribution in [0.2, 0.25) is 0 Å². The molecule has 2 rings (SSSR count). The van der Waals surface area contributed by atoms with Crippen LogP contribution in [0.5, 0.6) is 5.75 Å². The van der Waals surface area contributed by atoms with Gasteiger partial charge in [0.15, 0.2) is 13.2 Å². The molecule has 0 fully saturated rings. The molecule has 7 heteroatoms. The van der Waals surface area contributed by atoms with Gasteiger partial charge in [0.05, 0.1) is 12.2 Å². The zero-order chi connectivity index (χ0) is 20.4. The van der Waals surface area contributed by atoms with Gasteiger partial charge >= 0.3 is 11.9 Å². The number of amides is 1. The summed E-state index contributed by atoms with van der Waals surface area (Å²) in [4.78, 5) is 35.3. The fourth-order valence-electron chi connectivity index (χ4n) is 2.21. The highest BCUT2D eigenvalue weighted by Crippen LogP contribution is 2.16. The second-order valence-corrected chi connectivity index (χ2v) is 5.98. The molecule has 1 N–H and O–H groups in total. The predicted octanol–water partition coefficient (Wildman–Crippen LogP) is 3.12. The van der Waals surface area contributed by atoms with Crippen molar-refractivity contribution in [2.24, 2.45) is 0 Å². The number of rotatable bonds is 9. The summed E-state index contributed by atoms with van der Waals surface area (Å²) in [5.74, 6) is -0.971. The maximum atomic E-state index is 11.9. The van der Waals surface area contributed by atoms with Crippen LogP contribution in [-0.2, 0) is 19.1 Å². The number of hydrogen-bond acceptors (Lipinski definition) is 6. The molecule has 2 aromatic carbocycles. The lowest BCUT2D eigenvalue weighted by Gasteiger charge is -2.09. The molecule has 0 spiro atoms. The van der Waals surface area contributed by atoms with Gasteiger partial charge in [0.25, 0.3) is 5.91 Å². The van der Waals surface area contributed by atoms with Gasteiger partial charge < -0.3 is 19.5 Å². The van der Waals surface area contributed by atoms with Crippen molar-refractivity contribution < 1.29 is 28.6 Å². The van der Waals surface area contributed by atoms with Crippen molar-refractivity contribution in [3.05, 3.63) is 59.7 Å². The van der Waals surface area contributed by atoms with E-state index < -0.39 is 24.5 Å². The number of esters is 2. The Morgan fingerprint density at radius 3 is 2.32 bits per heavy atom. The van der Waals surface area contributed by atoms with E-state index in [0.29, 0.717) is 23.6 Å². The molecule has 28 heavy (non-hydrogen) atoms. The van der Waals surface area contributed by atoms with Crippen molar-refractivity contribution in [3.63, 3.8) is 0 Å². The first-order chi connectivity index (χ1) is 13.5. The number of hydrogen-bond donors (Lipinski definition) is 1. The van der Waals surface area contributed by atoms with Crippen LogP contribution < -0.4 is 10.1 Å². The molecular formula is C21H23NO6.